The van der Waals surface area contributed by atoms with E-state index in [-0.39, 0.29) is 18.5 Å². The summed E-state index contributed by atoms with van der Waals surface area (Å²) in [6.07, 6.45) is 9.68. The van der Waals surface area contributed by atoms with Crippen molar-refractivity contribution >= 4 is 6.03 Å². The first-order valence-corrected chi connectivity index (χ1v) is 9.51. The van der Waals surface area contributed by atoms with Crippen molar-refractivity contribution < 1.29 is 9.63 Å². The van der Waals surface area contributed by atoms with Crippen molar-refractivity contribution in [2.45, 2.75) is 82.8 Å². The van der Waals surface area contributed by atoms with Crippen LogP contribution in [-0.4, -0.2) is 37.7 Å². The Morgan fingerprint density at radius 2 is 1.79 bits per heavy atom. The van der Waals surface area contributed by atoms with Crippen LogP contribution in [-0.2, 0) is 4.84 Å². The third-order valence-electron chi connectivity index (χ3n) is 5.82. The maximum Gasteiger partial charge on any atom is 0.317 e. The summed E-state index contributed by atoms with van der Waals surface area (Å²) in [6.45, 7) is 2.10. The van der Waals surface area contributed by atoms with Gasteiger partial charge in [0.1, 0.15) is 6.29 Å². The van der Waals surface area contributed by atoms with Crippen LogP contribution in [0.3, 0.4) is 0 Å². The number of hydroxylamine groups is 1. The molecule has 3 rings (SSSR count). The minimum absolute atomic E-state index is 0.0224. The molecule has 2 aliphatic carbocycles. The molecule has 7 heteroatoms. The van der Waals surface area contributed by atoms with Crippen LogP contribution >= 0.6 is 0 Å². The van der Waals surface area contributed by atoms with E-state index in [1.165, 1.54) is 32.1 Å². The van der Waals surface area contributed by atoms with E-state index in [2.05, 4.69) is 33.7 Å². The van der Waals surface area contributed by atoms with Gasteiger partial charge in [-0.2, -0.15) is 5.48 Å². The van der Waals surface area contributed by atoms with Crippen molar-refractivity contribution in [1.82, 2.24) is 26.7 Å². The van der Waals surface area contributed by atoms with Crippen LogP contribution < -0.4 is 26.7 Å². The quantitative estimate of drug-likeness (QED) is 0.500. The van der Waals surface area contributed by atoms with Crippen LogP contribution in [0, 0.1) is 11.8 Å². The monoisotopic (exact) mass is 339 g/mol. The highest BCUT2D eigenvalue weighted by atomic mass is 16.6. The van der Waals surface area contributed by atoms with E-state index in [1.54, 1.807) is 7.11 Å². The van der Waals surface area contributed by atoms with Gasteiger partial charge < -0.3 is 15.5 Å². The molecule has 5 N–H and O–H groups in total. The molecule has 2 amide bonds. The molecule has 2 saturated carbocycles. The highest BCUT2D eigenvalue weighted by Gasteiger charge is 2.33. The summed E-state index contributed by atoms with van der Waals surface area (Å²) in [4.78, 5) is 17.3. The lowest BCUT2D eigenvalue weighted by Gasteiger charge is -2.40. The Bertz CT molecular complexity index is 422. The standard InChI is InChI=1S/C17H33N5O2/c1-11-9-15(22-24-2)20-16(18-11)21-17(23)19-14-8-7-12-5-3-4-6-13(12)10-14/h11-16,18,20,22H,3-10H2,1-2H3,(H2,19,21,23). The van der Waals surface area contributed by atoms with Crippen LogP contribution in [0.4, 0.5) is 4.79 Å². The van der Waals surface area contributed by atoms with Crippen LogP contribution in [0.1, 0.15) is 58.3 Å². The largest absolute Gasteiger partial charge is 0.335 e. The number of carbonyl (C=O) groups excluding carboxylic acids is 1. The van der Waals surface area contributed by atoms with E-state index in [0.29, 0.717) is 12.1 Å². The first-order chi connectivity index (χ1) is 11.6. The van der Waals surface area contributed by atoms with Gasteiger partial charge in [-0.05, 0) is 44.4 Å². The molecule has 24 heavy (non-hydrogen) atoms. The molecule has 6 unspecified atom stereocenters. The topological polar surface area (TPSA) is 86.5 Å². The summed E-state index contributed by atoms with van der Waals surface area (Å²) >= 11 is 0. The second-order valence-electron chi connectivity index (χ2n) is 7.71. The van der Waals surface area contributed by atoms with E-state index in [1.807, 2.05) is 0 Å². The molecule has 7 nitrogen and oxygen atoms in total. The Balaban J connectivity index is 1.43. The summed E-state index contributed by atoms with van der Waals surface area (Å²) < 4.78 is 0. The Kier molecular flexibility index (Phi) is 6.32. The third kappa shape index (κ3) is 4.81. The van der Waals surface area contributed by atoms with Crippen molar-refractivity contribution in [1.29, 1.82) is 0 Å². The van der Waals surface area contributed by atoms with E-state index in [4.69, 9.17) is 4.84 Å². The normalized spacial score (nSPS) is 39.8. The molecule has 0 radical (unpaired) electrons. The van der Waals surface area contributed by atoms with Gasteiger partial charge >= 0.3 is 6.03 Å². The summed E-state index contributed by atoms with van der Waals surface area (Å²) in [6, 6.07) is 0.518. The van der Waals surface area contributed by atoms with Gasteiger partial charge in [-0.25, -0.2) is 4.79 Å². The first-order valence-electron chi connectivity index (χ1n) is 9.51. The van der Waals surface area contributed by atoms with Crippen LogP contribution in [0.5, 0.6) is 0 Å². The second kappa shape index (κ2) is 8.47. The van der Waals surface area contributed by atoms with Crippen LogP contribution in [0.25, 0.3) is 0 Å². The molecule has 3 fully saturated rings. The van der Waals surface area contributed by atoms with Crippen LogP contribution in [0.15, 0.2) is 0 Å². The Morgan fingerprint density at radius 1 is 1.00 bits per heavy atom. The molecule has 1 heterocycles. The number of hydrogen-bond acceptors (Lipinski definition) is 5. The summed E-state index contributed by atoms with van der Waals surface area (Å²) in [7, 11) is 1.60. The molecule has 0 aromatic rings. The number of rotatable bonds is 4. The molecular weight excluding hydrogens is 306 g/mol. The van der Waals surface area contributed by atoms with Gasteiger partial charge in [-0.1, -0.05) is 25.7 Å². The minimum Gasteiger partial charge on any atom is -0.335 e. The number of urea groups is 1. The lowest BCUT2D eigenvalue weighted by atomic mass is 9.69. The number of amides is 2. The van der Waals surface area contributed by atoms with Gasteiger partial charge in [-0.15, -0.1) is 0 Å². The Hall–Kier alpha value is -0.890. The predicted octanol–water partition coefficient (Wildman–Crippen LogP) is 1.38. The molecule has 6 atom stereocenters. The Morgan fingerprint density at radius 3 is 2.58 bits per heavy atom. The van der Waals surface area contributed by atoms with Gasteiger partial charge in [0.2, 0.25) is 0 Å². The fraction of sp³-hybridized carbons (Fsp3) is 0.941. The SMILES string of the molecule is CONC1CC(C)NC(NC(=O)NC2CCC3CCCCC3C2)N1. The van der Waals surface area contributed by atoms with Gasteiger partial charge in [0.25, 0.3) is 0 Å². The molecule has 0 aromatic heterocycles. The first kappa shape index (κ1) is 17.9. The fourth-order valence-electron chi connectivity index (χ4n) is 4.69. The van der Waals surface area contributed by atoms with Crippen molar-refractivity contribution in [3.05, 3.63) is 0 Å². The van der Waals surface area contributed by atoms with E-state index < -0.39 is 0 Å². The third-order valence-corrected chi connectivity index (χ3v) is 5.82. The van der Waals surface area contributed by atoms with E-state index >= 15 is 0 Å². The van der Waals surface area contributed by atoms with Gasteiger partial charge in [0, 0.05) is 12.1 Å². The maximum atomic E-state index is 12.4. The average molecular weight is 339 g/mol. The highest BCUT2D eigenvalue weighted by Crippen LogP contribution is 2.40. The molecule has 0 aromatic carbocycles. The molecule has 3 aliphatic rings. The maximum absolute atomic E-state index is 12.4. The fourth-order valence-corrected chi connectivity index (χ4v) is 4.69. The zero-order chi connectivity index (χ0) is 16.9. The van der Waals surface area contributed by atoms with Crippen molar-refractivity contribution in [2.24, 2.45) is 11.8 Å². The molecule has 1 aliphatic heterocycles. The van der Waals surface area contributed by atoms with Gasteiger partial charge in [0.15, 0.2) is 0 Å². The predicted molar refractivity (Wildman–Crippen MR) is 92.8 cm³/mol. The number of hydrogen-bond donors (Lipinski definition) is 5. The van der Waals surface area contributed by atoms with Gasteiger partial charge in [-0.3, -0.25) is 10.6 Å². The van der Waals surface area contributed by atoms with Crippen molar-refractivity contribution in [2.75, 3.05) is 7.11 Å². The summed E-state index contributed by atoms with van der Waals surface area (Å²) in [5.41, 5.74) is 2.91. The van der Waals surface area contributed by atoms with E-state index in [9.17, 15) is 4.79 Å². The van der Waals surface area contributed by atoms with E-state index in [0.717, 1.165) is 31.1 Å². The van der Waals surface area contributed by atoms with Crippen LogP contribution in [0.2, 0.25) is 0 Å². The summed E-state index contributed by atoms with van der Waals surface area (Å²) in [5.74, 6) is 1.72. The molecule has 0 spiro atoms. The minimum atomic E-state index is -0.257. The number of nitrogens with one attached hydrogen (secondary N) is 5. The average Bonchev–Trinajstić information content (AvgIpc) is 2.54. The van der Waals surface area contributed by atoms with Crippen molar-refractivity contribution in [3.8, 4) is 0 Å². The second-order valence-corrected chi connectivity index (χ2v) is 7.71. The molecule has 0 bridgehead atoms. The molecule has 138 valence electrons. The lowest BCUT2D eigenvalue weighted by molar-refractivity contribution is 0.0231. The number of fused-ring (bicyclic) bond motifs is 1. The zero-order valence-electron chi connectivity index (χ0n) is 14.9. The zero-order valence-corrected chi connectivity index (χ0v) is 14.9. The smallest absolute Gasteiger partial charge is 0.317 e. The highest BCUT2D eigenvalue weighted by molar-refractivity contribution is 5.74. The number of carbonyl (C=O) groups is 1. The lowest BCUT2D eigenvalue weighted by Crippen LogP contribution is -2.68. The van der Waals surface area contributed by atoms with Crippen molar-refractivity contribution in [3.63, 3.8) is 0 Å². The molecular formula is C17H33N5O2. The molecule has 1 saturated heterocycles. The Labute approximate surface area is 145 Å². The summed E-state index contributed by atoms with van der Waals surface area (Å²) in [5, 5.41) is 12.8. The van der Waals surface area contributed by atoms with Gasteiger partial charge in [0.05, 0.1) is 13.3 Å².